The van der Waals surface area contributed by atoms with E-state index in [1.807, 2.05) is 35.8 Å². The van der Waals surface area contributed by atoms with E-state index >= 15 is 0 Å². The summed E-state index contributed by atoms with van der Waals surface area (Å²) in [5.74, 6) is 1.38. The van der Waals surface area contributed by atoms with Crippen LogP contribution in [0.15, 0.2) is 60.3 Å². The van der Waals surface area contributed by atoms with E-state index < -0.39 is 0 Å². The molecule has 0 aliphatic carbocycles. The lowest BCUT2D eigenvalue weighted by Crippen LogP contribution is -2.15. The second-order valence-electron chi connectivity index (χ2n) is 6.31. The Kier molecular flexibility index (Phi) is 7.79. The molecule has 3 aromatic rings. The number of carbonyl (C=O) groups excluding carboxylic acids is 1. The minimum atomic E-state index is -0.213. The zero-order valence-electron chi connectivity index (χ0n) is 16.3. The molecule has 9 heteroatoms. The number of aryl methyl sites for hydroxylation is 1. The van der Waals surface area contributed by atoms with Crippen molar-refractivity contribution in [3.63, 3.8) is 0 Å². The van der Waals surface area contributed by atoms with Crippen LogP contribution < -0.4 is 10.1 Å². The summed E-state index contributed by atoms with van der Waals surface area (Å²) in [4.78, 5) is 12.3. The lowest BCUT2D eigenvalue weighted by Gasteiger charge is -2.11. The van der Waals surface area contributed by atoms with Crippen molar-refractivity contribution in [3.8, 4) is 5.75 Å². The number of ether oxygens (including phenoxy) is 1. The smallest absolute Gasteiger partial charge is 0.234 e. The van der Waals surface area contributed by atoms with Crippen LogP contribution in [0.25, 0.3) is 0 Å². The Hall–Kier alpha value is -2.48. The van der Waals surface area contributed by atoms with Crippen LogP contribution in [-0.2, 0) is 17.9 Å². The first-order valence-electron chi connectivity index (χ1n) is 9.07. The monoisotopic (exact) mass is 462 g/mol. The van der Waals surface area contributed by atoms with Gasteiger partial charge >= 0.3 is 0 Å². The molecule has 0 spiro atoms. The number of nitrogens with one attached hydrogen (secondary N) is 1. The van der Waals surface area contributed by atoms with Crippen molar-refractivity contribution >= 4 is 46.6 Å². The predicted octanol–water partition coefficient (Wildman–Crippen LogP) is 5.39. The summed E-state index contributed by atoms with van der Waals surface area (Å²) < 4.78 is 7.75. The van der Waals surface area contributed by atoms with Crippen molar-refractivity contribution in [2.24, 2.45) is 0 Å². The first-order valence-corrected chi connectivity index (χ1v) is 10.8. The van der Waals surface area contributed by atoms with Gasteiger partial charge in [0.25, 0.3) is 0 Å². The molecule has 0 atom stereocenters. The number of carbonyl (C=O) groups is 1. The lowest BCUT2D eigenvalue weighted by atomic mass is 10.2. The van der Waals surface area contributed by atoms with Crippen molar-refractivity contribution in [2.45, 2.75) is 25.2 Å². The van der Waals surface area contributed by atoms with Crippen LogP contribution in [-0.4, -0.2) is 26.4 Å². The molecule has 2 aromatic carbocycles. The summed E-state index contributed by atoms with van der Waals surface area (Å²) in [6, 6.07) is 12.7. The molecule has 1 N–H and O–H groups in total. The Morgan fingerprint density at radius 3 is 2.80 bits per heavy atom. The summed E-state index contributed by atoms with van der Waals surface area (Å²) in [6.07, 6.45) is 1.75. The van der Waals surface area contributed by atoms with E-state index in [0.717, 1.165) is 11.3 Å². The molecule has 0 saturated heterocycles. The summed E-state index contributed by atoms with van der Waals surface area (Å²) in [7, 11) is 0. The predicted molar refractivity (Wildman–Crippen MR) is 122 cm³/mol. The third kappa shape index (κ3) is 5.78. The fourth-order valence-electron chi connectivity index (χ4n) is 2.61. The van der Waals surface area contributed by atoms with E-state index in [0.29, 0.717) is 33.3 Å². The molecular formula is C21H20Cl2N4O2S. The van der Waals surface area contributed by atoms with E-state index in [-0.39, 0.29) is 18.3 Å². The molecule has 1 heterocycles. The molecule has 3 rings (SSSR count). The Bertz CT molecular complexity index is 1060. The van der Waals surface area contributed by atoms with E-state index in [9.17, 15) is 4.79 Å². The fourth-order valence-corrected chi connectivity index (χ4v) is 3.84. The van der Waals surface area contributed by atoms with Crippen LogP contribution in [0.4, 0.5) is 5.69 Å². The standard InChI is InChI=1S/C21H20Cl2N4O2S/c1-3-10-27-19(12-29-18-7-5-4-6-14(18)2)25-26-21(27)30-13-20(28)24-17-9-8-15(22)11-16(17)23/h3-9,11H,1,10,12-13H2,2H3,(H,24,28). The fraction of sp³-hybridized carbons (Fsp3) is 0.190. The molecule has 156 valence electrons. The maximum atomic E-state index is 12.3. The summed E-state index contributed by atoms with van der Waals surface area (Å²) >= 11 is 13.3. The average Bonchev–Trinajstić information content (AvgIpc) is 3.10. The van der Waals surface area contributed by atoms with Gasteiger partial charge in [-0.3, -0.25) is 9.36 Å². The van der Waals surface area contributed by atoms with Gasteiger partial charge in [0.2, 0.25) is 5.91 Å². The number of hydrogen-bond donors (Lipinski definition) is 1. The van der Waals surface area contributed by atoms with Crippen molar-refractivity contribution in [2.75, 3.05) is 11.1 Å². The van der Waals surface area contributed by atoms with Crippen LogP contribution in [0.2, 0.25) is 10.0 Å². The third-order valence-corrected chi connectivity index (χ3v) is 5.61. The highest BCUT2D eigenvalue weighted by Crippen LogP contribution is 2.26. The zero-order chi connectivity index (χ0) is 21.5. The maximum Gasteiger partial charge on any atom is 0.234 e. The number of rotatable bonds is 9. The number of benzene rings is 2. The van der Waals surface area contributed by atoms with Crippen molar-refractivity contribution in [1.29, 1.82) is 0 Å². The number of nitrogens with zero attached hydrogens (tertiary/aromatic N) is 3. The molecule has 0 fully saturated rings. The quantitative estimate of drug-likeness (QED) is 0.341. The number of aromatic nitrogens is 3. The average molecular weight is 463 g/mol. The third-order valence-electron chi connectivity index (χ3n) is 4.09. The molecule has 1 aromatic heterocycles. The summed E-state index contributed by atoms with van der Waals surface area (Å²) in [5.41, 5.74) is 1.55. The number of thioether (sulfide) groups is 1. The van der Waals surface area contributed by atoms with Crippen molar-refractivity contribution < 1.29 is 9.53 Å². The van der Waals surface area contributed by atoms with E-state index in [1.54, 1.807) is 24.3 Å². The minimum absolute atomic E-state index is 0.146. The molecule has 6 nitrogen and oxygen atoms in total. The highest BCUT2D eigenvalue weighted by molar-refractivity contribution is 7.99. The molecule has 0 saturated carbocycles. The van der Waals surface area contributed by atoms with E-state index in [4.69, 9.17) is 27.9 Å². The molecule has 0 aliphatic rings. The number of amides is 1. The molecule has 0 aliphatic heterocycles. The second-order valence-corrected chi connectivity index (χ2v) is 8.10. The van der Waals surface area contributed by atoms with Crippen LogP contribution in [0, 0.1) is 6.92 Å². The Labute approximate surface area is 189 Å². The van der Waals surface area contributed by atoms with Gasteiger partial charge in [0.05, 0.1) is 16.5 Å². The van der Waals surface area contributed by atoms with Gasteiger partial charge in [0.15, 0.2) is 11.0 Å². The summed E-state index contributed by atoms with van der Waals surface area (Å²) in [6.45, 7) is 6.54. The van der Waals surface area contributed by atoms with Gasteiger partial charge in [-0.15, -0.1) is 16.8 Å². The van der Waals surface area contributed by atoms with Crippen LogP contribution in [0.3, 0.4) is 0 Å². The van der Waals surface area contributed by atoms with Gasteiger partial charge in [-0.1, -0.05) is 59.2 Å². The minimum Gasteiger partial charge on any atom is -0.485 e. The molecule has 0 bridgehead atoms. The summed E-state index contributed by atoms with van der Waals surface area (Å²) in [5, 5.41) is 12.7. The first kappa shape index (κ1) is 22.2. The van der Waals surface area contributed by atoms with Crippen LogP contribution in [0.5, 0.6) is 5.75 Å². The van der Waals surface area contributed by atoms with Crippen LogP contribution in [0.1, 0.15) is 11.4 Å². The van der Waals surface area contributed by atoms with Crippen LogP contribution >= 0.6 is 35.0 Å². The topological polar surface area (TPSA) is 69.0 Å². The SMILES string of the molecule is C=CCn1c(COc2ccccc2C)nnc1SCC(=O)Nc1ccc(Cl)cc1Cl. The number of para-hydroxylation sites is 1. The van der Waals surface area contributed by atoms with Gasteiger partial charge < -0.3 is 10.1 Å². The first-order chi connectivity index (χ1) is 14.5. The largest absolute Gasteiger partial charge is 0.485 e. The van der Waals surface area contributed by atoms with Gasteiger partial charge in [-0.25, -0.2) is 0 Å². The number of halogens is 2. The van der Waals surface area contributed by atoms with Gasteiger partial charge in [0, 0.05) is 11.6 Å². The molecular weight excluding hydrogens is 443 g/mol. The van der Waals surface area contributed by atoms with Crippen molar-refractivity contribution in [3.05, 3.63) is 76.6 Å². The number of allylic oxidation sites excluding steroid dienone is 1. The molecule has 1 amide bonds. The van der Waals surface area contributed by atoms with E-state index in [1.165, 1.54) is 11.8 Å². The van der Waals surface area contributed by atoms with Crippen molar-refractivity contribution in [1.82, 2.24) is 14.8 Å². The Morgan fingerprint density at radius 1 is 1.27 bits per heavy atom. The Balaban J connectivity index is 1.63. The molecule has 0 radical (unpaired) electrons. The van der Waals surface area contributed by atoms with E-state index in [2.05, 4.69) is 22.1 Å². The highest BCUT2D eigenvalue weighted by atomic mass is 35.5. The Morgan fingerprint density at radius 2 is 2.07 bits per heavy atom. The number of hydrogen-bond acceptors (Lipinski definition) is 5. The zero-order valence-corrected chi connectivity index (χ0v) is 18.6. The second kappa shape index (κ2) is 10.5. The maximum absolute atomic E-state index is 12.3. The molecule has 30 heavy (non-hydrogen) atoms. The van der Waals surface area contributed by atoms with Gasteiger partial charge in [-0.05, 0) is 36.8 Å². The van der Waals surface area contributed by atoms with Gasteiger partial charge in [-0.2, -0.15) is 0 Å². The normalized spacial score (nSPS) is 10.6. The molecule has 0 unspecified atom stereocenters. The highest BCUT2D eigenvalue weighted by Gasteiger charge is 2.15. The number of anilines is 1. The van der Waals surface area contributed by atoms with Gasteiger partial charge in [0.1, 0.15) is 12.4 Å². The lowest BCUT2D eigenvalue weighted by molar-refractivity contribution is -0.113.